The molecule has 0 fully saturated rings. The summed E-state index contributed by atoms with van der Waals surface area (Å²) in [4.78, 5) is 28.2. The van der Waals surface area contributed by atoms with Gasteiger partial charge >= 0.3 is 0 Å². The maximum Gasteiger partial charge on any atom is 0.269 e. The Labute approximate surface area is 144 Å². The topological polar surface area (TPSA) is 71.1 Å². The molecule has 0 aliphatic heterocycles. The minimum Gasteiger partial charge on any atom is -0.351 e. The van der Waals surface area contributed by atoms with E-state index in [9.17, 15) is 18.4 Å². The van der Waals surface area contributed by atoms with Gasteiger partial charge in [-0.15, -0.1) is 0 Å². The number of halogens is 2. The smallest absolute Gasteiger partial charge is 0.269 e. The number of anilines is 1. The number of rotatable bonds is 7. The zero-order valence-electron chi connectivity index (χ0n) is 13.8. The van der Waals surface area contributed by atoms with E-state index in [1.807, 2.05) is 0 Å². The van der Waals surface area contributed by atoms with Gasteiger partial charge in [0.05, 0.1) is 5.69 Å². The molecule has 0 radical (unpaired) electrons. The number of aromatic nitrogens is 1. The normalized spacial score (nSPS) is 10.4. The largest absolute Gasteiger partial charge is 0.351 e. The number of pyridine rings is 1. The number of unbranched alkanes of at least 4 members (excludes halogenated alkanes) is 2. The predicted molar refractivity (Wildman–Crippen MR) is 90.4 cm³/mol. The average molecular weight is 347 g/mol. The molecule has 132 valence electrons. The van der Waals surface area contributed by atoms with Crippen LogP contribution in [0.3, 0.4) is 0 Å². The molecule has 1 heterocycles. The highest BCUT2D eigenvalue weighted by Gasteiger charge is 2.13. The van der Waals surface area contributed by atoms with Crippen LogP contribution in [-0.2, 0) is 0 Å². The summed E-state index contributed by atoms with van der Waals surface area (Å²) in [5.41, 5.74) is 0.106. The Hall–Kier alpha value is -2.83. The molecule has 2 aromatic rings. The van der Waals surface area contributed by atoms with Crippen molar-refractivity contribution >= 4 is 17.5 Å². The van der Waals surface area contributed by atoms with Gasteiger partial charge in [0.25, 0.3) is 11.8 Å². The third kappa shape index (κ3) is 5.34. The second kappa shape index (κ2) is 8.86. The third-order valence-electron chi connectivity index (χ3n) is 3.50. The summed E-state index contributed by atoms with van der Waals surface area (Å²) < 4.78 is 26.5. The summed E-state index contributed by atoms with van der Waals surface area (Å²) in [7, 11) is 0. The van der Waals surface area contributed by atoms with Crippen molar-refractivity contribution in [3.8, 4) is 0 Å². The van der Waals surface area contributed by atoms with Gasteiger partial charge < -0.3 is 10.6 Å². The Kier molecular flexibility index (Phi) is 6.56. The van der Waals surface area contributed by atoms with Crippen molar-refractivity contribution in [1.29, 1.82) is 0 Å². The lowest BCUT2D eigenvalue weighted by Crippen LogP contribution is -2.26. The minimum atomic E-state index is -0.878. The molecule has 0 unspecified atom stereocenters. The van der Waals surface area contributed by atoms with Crippen LogP contribution >= 0.6 is 0 Å². The summed E-state index contributed by atoms with van der Waals surface area (Å²) in [5.74, 6) is -2.61. The first kappa shape index (κ1) is 18.5. The number of benzene rings is 1. The van der Waals surface area contributed by atoms with Crippen LogP contribution in [0.5, 0.6) is 0 Å². The molecule has 7 heteroatoms. The molecule has 2 rings (SSSR count). The van der Waals surface area contributed by atoms with E-state index < -0.39 is 17.5 Å². The number of carbonyl (C=O) groups excluding carboxylic acids is 2. The average Bonchev–Trinajstić information content (AvgIpc) is 2.61. The van der Waals surface area contributed by atoms with Crippen molar-refractivity contribution in [2.24, 2.45) is 0 Å². The van der Waals surface area contributed by atoms with Gasteiger partial charge in [-0.25, -0.2) is 8.78 Å². The van der Waals surface area contributed by atoms with Crippen molar-refractivity contribution in [3.63, 3.8) is 0 Å². The SMILES string of the molecule is CCCCCNC(=O)c1cc(C(=O)Nc2ccc(F)cc2F)ccn1. The number of carbonyl (C=O) groups is 2. The highest BCUT2D eigenvalue weighted by Crippen LogP contribution is 2.16. The van der Waals surface area contributed by atoms with Gasteiger partial charge in [0, 0.05) is 24.4 Å². The van der Waals surface area contributed by atoms with Crippen LogP contribution in [0.4, 0.5) is 14.5 Å². The lowest BCUT2D eigenvalue weighted by molar-refractivity contribution is 0.0948. The molecule has 2 N–H and O–H groups in total. The minimum absolute atomic E-state index is 0.101. The van der Waals surface area contributed by atoms with E-state index in [1.165, 1.54) is 18.3 Å². The van der Waals surface area contributed by atoms with Gasteiger partial charge in [0.15, 0.2) is 0 Å². The summed E-state index contributed by atoms with van der Waals surface area (Å²) in [6.45, 7) is 2.60. The van der Waals surface area contributed by atoms with Gasteiger partial charge in [-0.3, -0.25) is 14.6 Å². The monoisotopic (exact) mass is 347 g/mol. The first-order chi connectivity index (χ1) is 12.0. The summed E-state index contributed by atoms with van der Waals surface area (Å²) in [6, 6.07) is 5.58. The van der Waals surface area contributed by atoms with Crippen molar-refractivity contribution < 1.29 is 18.4 Å². The van der Waals surface area contributed by atoms with E-state index in [0.717, 1.165) is 31.4 Å². The molecular weight excluding hydrogens is 328 g/mol. The van der Waals surface area contributed by atoms with Crippen LogP contribution < -0.4 is 10.6 Å². The van der Waals surface area contributed by atoms with Gasteiger partial charge in [0.2, 0.25) is 0 Å². The van der Waals surface area contributed by atoms with E-state index in [2.05, 4.69) is 22.5 Å². The molecule has 0 aliphatic carbocycles. The number of hydrogen-bond acceptors (Lipinski definition) is 3. The molecule has 1 aromatic heterocycles. The Morgan fingerprint density at radius 2 is 1.88 bits per heavy atom. The zero-order chi connectivity index (χ0) is 18.2. The van der Waals surface area contributed by atoms with Crippen molar-refractivity contribution in [1.82, 2.24) is 10.3 Å². The van der Waals surface area contributed by atoms with Crippen molar-refractivity contribution in [2.45, 2.75) is 26.2 Å². The van der Waals surface area contributed by atoms with E-state index in [-0.39, 0.29) is 22.9 Å². The summed E-state index contributed by atoms with van der Waals surface area (Å²) in [6.07, 6.45) is 4.26. The molecule has 0 aliphatic rings. The van der Waals surface area contributed by atoms with Gasteiger partial charge in [0.1, 0.15) is 17.3 Å². The first-order valence-electron chi connectivity index (χ1n) is 8.02. The highest BCUT2D eigenvalue weighted by molar-refractivity contribution is 6.05. The molecule has 5 nitrogen and oxygen atoms in total. The van der Waals surface area contributed by atoms with E-state index in [0.29, 0.717) is 12.6 Å². The Bertz CT molecular complexity index is 766. The maximum atomic E-state index is 13.6. The fourth-order valence-electron chi connectivity index (χ4n) is 2.15. The van der Waals surface area contributed by atoms with Crippen LogP contribution in [0, 0.1) is 11.6 Å². The second-order valence-corrected chi connectivity index (χ2v) is 5.47. The molecular formula is C18H19F2N3O2. The predicted octanol–water partition coefficient (Wildman–Crippen LogP) is 3.53. The van der Waals surface area contributed by atoms with Crippen LogP contribution in [0.25, 0.3) is 0 Å². The first-order valence-corrected chi connectivity index (χ1v) is 8.02. The van der Waals surface area contributed by atoms with Crippen LogP contribution in [0.15, 0.2) is 36.5 Å². The van der Waals surface area contributed by atoms with Crippen molar-refractivity contribution in [2.75, 3.05) is 11.9 Å². The molecule has 0 saturated carbocycles. The number of hydrogen-bond donors (Lipinski definition) is 2. The maximum absolute atomic E-state index is 13.6. The summed E-state index contributed by atoms with van der Waals surface area (Å²) in [5, 5.41) is 5.07. The number of nitrogens with zero attached hydrogens (tertiary/aromatic N) is 1. The number of nitrogens with one attached hydrogen (secondary N) is 2. The fraction of sp³-hybridized carbons (Fsp3) is 0.278. The lowest BCUT2D eigenvalue weighted by Gasteiger charge is -2.08. The Morgan fingerprint density at radius 3 is 2.60 bits per heavy atom. The molecule has 1 aromatic carbocycles. The molecule has 0 atom stereocenters. The quantitative estimate of drug-likeness (QED) is 0.753. The van der Waals surface area contributed by atoms with E-state index >= 15 is 0 Å². The fourth-order valence-corrected chi connectivity index (χ4v) is 2.15. The molecule has 0 saturated heterocycles. The molecule has 2 amide bonds. The summed E-state index contributed by atoms with van der Waals surface area (Å²) >= 11 is 0. The van der Waals surface area contributed by atoms with Gasteiger partial charge in [-0.05, 0) is 30.7 Å². The van der Waals surface area contributed by atoms with E-state index in [4.69, 9.17) is 0 Å². The third-order valence-corrected chi connectivity index (χ3v) is 3.50. The van der Waals surface area contributed by atoms with Crippen LogP contribution in [-0.4, -0.2) is 23.3 Å². The number of amides is 2. The zero-order valence-corrected chi connectivity index (χ0v) is 13.8. The highest BCUT2D eigenvalue weighted by atomic mass is 19.1. The molecule has 0 spiro atoms. The second-order valence-electron chi connectivity index (χ2n) is 5.47. The molecule has 0 bridgehead atoms. The Morgan fingerprint density at radius 1 is 1.08 bits per heavy atom. The molecule has 25 heavy (non-hydrogen) atoms. The Balaban J connectivity index is 2.04. The standard InChI is InChI=1S/C18H19F2N3O2/c1-2-3-4-8-22-18(25)16-10-12(7-9-21-16)17(24)23-15-6-5-13(19)11-14(15)20/h5-7,9-11H,2-4,8H2,1H3,(H,22,25)(H,23,24). The van der Waals surface area contributed by atoms with Crippen LogP contribution in [0.1, 0.15) is 47.0 Å². The van der Waals surface area contributed by atoms with Gasteiger partial charge in [-0.2, -0.15) is 0 Å². The van der Waals surface area contributed by atoms with E-state index in [1.54, 1.807) is 0 Å². The van der Waals surface area contributed by atoms with Gasteiger partial charge in [-0.1, -0.05) is 19.8 Å². The lowest BCUT2D eigenvalue weighted by atomic mass is 10.2. The van der Waals surface area contributed by atoms with Crippen LogP contribution in [0.2, 0.25) is 0 Å². The van der Waals surface area contributed by atoms with Crippen molar-refractivity contribution in [3.05, 3.63) is 59.4 Å².